The monoisotopic (exact) mass is 341 g/mol. The van der Waals surface area contributed by atoms with Gasteiger partial charge in [0, 0.05) is 5.56 Å². The van der Waals surface area contributed by atoms with Crippen LogP contribution in [0.25, 0.3) is 0 Å². The number of carbonyl (C=O) groups excluding carboxylic acids is 2. The number of cyclic esters (lactones) is 1. The number of rotatable bonds is 1. The molecule has 6 heteroatoms. The first-order valence-electron chi connectivity index (χ1n) is 7.49. The Balaban J connectivity index is 1.94. The summed E-state index contributed by atoms with van der Waals surface area (Å²) in [5, 5.41) is 0.744. The van der Waals surface area contributed by atoms with Crippen molar-refractivity contribution in [2.24, 2.45) is 0 Å². The molecule has 1 aliphatic heterocycles. The molecular formula is C16H17Cl2NO3. The van der Waals surface area contributed by atoms with Crippen LogP contribution in [0.3, 0.4) is 0 Å². The zero-order valence-electron chi connectivity index (χ0n) is 12.1. The van der Waals surface area contributed by atoms with Gasteiger partial charge in [0.2, 0.25) is 0 Å². The molecular weight excluding hydrogens is 325 g/mol. The lowest BCUT2D eigenvalue weighted by atomic mass is 9.79. The van der Waals surface area contributed by atoms with E-state index in [1.54, 1.807) is 23.1 Å². The second kappa shape index (κ2) is 6.09. The molecule has 3 rings (SSSR count). The summed E-state index contributed by atoms with van der Waals surface area (Å²) in [6.45, 7) is 0.665. The molecule has 0 unspecified atom stereocenters. The number of ether oxygens (including phenoxy) is 1. The molecule has 118 valence electrons. The maximum Gasteiger partial charge on any atom is 0.332 e. The van der Waals surface area contributed by atoms with E-state index in [0.29, 0.717) is 35.0 Å². The lowest BCUT2D eigenvalue weighted by Crippen LogP contribution is -2.62. The Labute approximate surface area is 139 Å². The van der Waals surface area contributed by atoms with Crippen LogP contribution in [0.5, 0.6) is 0 Å². The molecule has 0 radical (unpaired) electrons. The van der Waals surface area contributed by atoms with Crippen LogP contribution in [0.4, 0.5) is 0 Å². The highest BCUT2D eigenvalue weighted by molar-refractivity contribution is 6.42. The third-order valence-electron chi connectivity index (χ3n) is 4.54. The number of morpholine rings is 1. The van der Waals surface area contributed by atoms with E-state index in [1.165, 1.54) is 0 Å². The van der Waals surface area contributed by atoms with Crippen LogP contribution in [-0.4, -0.2) is 35.5 Å². The van der Waals surface area contributed by atoms with Gasteiger partial charge in [0.15, 0.2) is 0 Å². The summed E-state index contributed by atoms with van der Waals surface area (Å²) in [6.07, 6.45) is 4.28. The van der Waals surface area contributed by atoms with Gasteiger partial charge < -0.3 is 9.64 Å². The number of hydrogen-bond acceptors (Lipinski definition) is 3. The average molecular weight is 342 g/mol. The van der Waals surface area contributed by atoms with E-state index in [9.17, 15) is 9.59 Å². The van der Waals surface area contributed by atoms with E-state index in [0.717, 1.165) is 19.3 Å². The van der Waals surface area contributed by atoms with Crippen LogP contribution in [0, 0.1) is 0 Å². The van der Waals surface area contributed by atoms with Gasteiger partial charge in [-0.2, -0.15) is 0 Å². The first-order chi connectivity index (χ1) is 10.5. The van der Waals surface area contributed by atoms with Crippen LogP contribution in [0.15, 0.2) is 18.2 Å². The predicted molar refractivity (Wildman–Crippen MR) is 84.3 cm³/mol. The lowest BCUT2D eigenvalue weighted by Gasteiger charge is -2.47. The van der Waals surface area contributed by atoms with Gasteiger partial charge in [-0.05, 0) is 31.0 Å². The molecule has 2 aliphatic rings. The van der Waals surface area contributed by atoms with E-state index >= 15 is 0 Å². The largest absolute Gasteiger partial charge is 0.462 e. The predicted octanol–water partition coefficient (Wildman–Crippen LogP) is 3.70. The highest BCUT2D eigenvalue weighted by Crippen LogP contribution is 2.38. The van der Waals surface area contributed by atoms with Gasteiger partial charge in [-0.15, -0.1) is 0 Å². The second-order valence-corrected chi connectivity index (χ2v) is 6.63. The van der Waals surface area contributed by atoms with Crippen LogP contribution in [0.1, 0.15) is 42.5 Å². The van der Waals surface area contributed by atoms with Gasteiger partial charge in [0.05, 0.1) is 16.6 Å². The number of hydrogen-bond donors (Lipinski definition) is 0. The number of carbonyl (C=O) groups is 2. The van der Waals surface area contributed by atoms with Gasteiger partial charge in [-0.25, -0.2) is 4.79 Å². The summed E-state index contributed by atoms with van der Waals surface area (Å²) in [5.41, 5.74) is -0.353. The van der Waals surface area contributed by atoms with Crippen molar-refractivity contribution in [3.63, 3.8) is 0 Å². The molecule has 1 aliphatic carbocycles. The van der Waals surface area contributed by atoms with Crippen LogP contribution in [0.2, 0.25) is 10.0 Å². The van der Waals surface area contributed by atoms with E-state index in [-0.39, 0.29) is 18.5 Å². The number of halogens is 2. The molecule has 1 heterocycles. The molecule has 22 heavy (non-hydrogen) atoms. The number of amides is 1. The molecule has 1 amide bonds. The molecule has 0 aromatic heterocycles. The number of benzene rings is 1. The summed E-state index contributed by atoms with van der Waals surface area (Å²) in [5.74, 6) is -0.455. The molecule has 1 aromatic rings. The van der Waals surface area contributed by atoms with Gasteiger partial charge in [0.25, 0.3) is 5.91 Å². The van der Waals surface area contributed by atoms with Gasteiger partial charge in [-0.1, -0.05) is 42.5 Å². The molecule has 2 fully saturated rings. The zero-order valence-corrected chi connectivity index (χ0v) is 13.6. The fourth-order valence-electron chi connectivity index (χ4n) is 3.38. The first-order valence-corrected chi connectivity index (χ1v) is 8.24. The summed E-state index contributed by atoms with van der Waals surface area (Å²) >= 11 is 11.9. The highest BCUT2D eigenvalue weighted by atomic mass is 35.5. The van der Waals surface area contributed by atoms with Gasteiger partial charge in [-0.3, -0.25) is 4.79 Å². The van der Waals surface area contributed by atoms with Gasteiger partial charge in [0.1, 0.15) is 12.1 Å². The topological polar surface area (TPSA) is 46.6 Å². The molecule has 1 aromatic carbocycles. The van der Waals surface area contributed by atoms with Crippen LogP contribution >= 0.6 is 23.2 Å². The van der Waals surface area contributed by atoms with Crippen molar-refractivity contribution in [3.8, 4) is 0 Å². The van der Waals surface area contributed by atoms with Crippen LogP contribution < -0.4 is 0 Å². The summed E-state index contributed by atoms with van der Waals surface area (Å²) in [6, 6.07) is 4.81. The third-order valence-corrected chi connectivity index (χ3v) is 5.28. The Hall–Kier alpha value is -1.26. The summed E-state index contributed by atoms with van der Waals surface area (Å²) in [7, 11) is 0. The lowest BCUT2D eigenvalue weighted by molar-refractivity contribution is -0.168. The normalized spacial score (nSPS) is 20.8. The van der Waals surface area contributed by atoms with Crippen LogP contribution in [-0.2, 0) is 9.53 Å². The van der Waals surface area contributed by atoms with Crippen molar-refractivity contribution in [1.29, 1.82) is 0 Å². The molecule has 0 atom stereocenters. The minimum Gasteiger partial charge on any atom is -0.462 e. The van der Waals surface area contributed by atoms with Crippen molar-refractivity contribution < 1.29 is 14.3 Å². The first kappa shape index (κ1) is 15.6. The minimum atomic E-state index is -0.806. The van der Waals surface area contributed by atoms with Gasteiger partial charge >= 0.3 is 5.97 Å². The molecule has 0 N–H and O–H groups in total. The minimum absolute atomic E-state index is 0.183. The Bertz CT molecular complexity index is 611. The van der Waals surface area contributed by atoms with Crippen molar-refractivity contribution in [2.45, 2.75) is 37.6 Å². The zero-order chi connectivity index (χ0) is 15.7. The SMILES string of the molecule is O=C(c1ccc(Cl)c(Cl)c1)N1CCOC(=O)C12CCCCC2. The second-order valence-electron chi connectivity index (χ2n) is 5.81. The fraction of sp³-hybridized carbons (Fsp3) is 0.500. The number of nitrogens with zero attached hydrogens (tertiary/aromatic N) is 1. The molecule has 0 bridgehead atoms. The average Bonchev–Trinajstić information content (AvgIpc) is 2.53. The smallest absolute Gasteiger partial charge is 0.332 e. The standard InChI is InChI=1S/C16H17Cl2NO3/c17-12-5-4-11(10-13(12)18)14(20)19-8-9-22-15(21)16(19)6-2-1-3-7-16/h4-5,10H,1-3,6-9H2. The molecule has 4 nitrogen and oxygen atoms in total. The third kappa shape index (κ3) is 2.59. The Morgan fingerprint density at radius 1 is 1.14 bits per heavy atom. The van der Waals surface area contributed by atoms with E-state index < -0.39 is 5.54 Å². The van der Waals surface area contributed by atoms with Crippen molar-refractivity contribution in [1.82, 2.24) is 4.90 Å². The fourth-order valence-corrected chi connectivity index (χ4v) is 3.68. The van der Waals surface area contributed by atoms with Crippen molar-refractivity contribution in [2.75, 3.05) is 13.2 Å². The summed E-state index contributed by atoms with van der Waals surface area (Å²) < 4.78 is 5.25. The Morgan fingerprint density at radius 2 is 1.86 bits per heavy atom. The van der Waals surface area contributed by atoms with Crippen molar-refractivity contribution >= 4 is 35.1 Å². The number of esters is 1. The maximum atomic E-state index is 12.9. The maximum absolute atomic E-state index is 12.9. The van der Waals surface area contributed by atoms with E-state index in [4.69, 9.17) is 27.9 Å². The quantitative estimate of drug-likeness (QED) is 0.731. The highest BCUT2D eigenvalue weighted by Gasteiger charge is 2.50. The molecule has 1 spiro atoms. The van der Waals surface area contributed by atoms with E-state index in [2.05, 4.69) is 0 Å². The molecule has 1 saturated carbocycles. The Kier molecular flexibility index (Phi) is 4.33. The summed E-state index contributed by atoms with van der Waals surface area (Å²) in [4.78, 5) is 27.0. The van der Waals surface area contributed by atoms with Crippen molar-refractivity contribution in [3.05, 3.63) is 33.8 Å². The van der Waals surface area contributed by atoms with E-state index in [1.807, 2.05) is 0 Å². The Morgan fingerprint density at radius 3 is 2.55 bits per heavy atom. The molecule has 1 saturated heterocycles.